The van der Waals surface area contributed by atoms with Crippen LogP contribution in [0.25, 0.3) is 6.08 Å². The van der Waals surface area contributed by atoms with E-state index in [1.807, 2.05) is 71.0 Å². The van der Waals surface area contributed by atoms with E-state index in [-0.39, 0.29) is 11.7 Å². The summed E-state index contributed by atoms with van der Waals surface area (Å²) in [7, 11) is 0. The topological polar surface area (TPSA) is 62.1 Å². The summed E-state index contributed by atoms with van der Waals surface area (Å²) in [6.45, 7) is 10.4. The molecule has 1 heterocycles. The molecule has 1 amide bonds. The Morgan fingerprint density at radius 1 is 0.971 bits per heavy atom. The van der Waals surface area contributed by atoms with Crippen molar-refractivity contribution in [3.05, 3.63) is 87.3 Å². The van der Waals surface area contributed by atoms with E-state index in [9.17, 15) is 9.90 Å². The van der Waals surface area contributed by atoms with Crippen molar-refractivity contribution in [2.45, 2.75) is 34.6 Å². The van der Waals surface area contributed by atoms with Gasteiger partial charge in [0.1, 0.15) is 0 Å². The van der Waals surface area contributed by atoms with Gasteiger partial charge in [-0.2, -0.15) is 0 Å². The first-order chi connectivity index (χ1) is 16.3. The summed E-state index contributed by atoms with van der Waals surface area (Å²) in [6.07, 6.45) is 1.70. The molecule has 34 heavy (non-hydrogen) atoms. The van der Waals surface area contributed by atoms with Gasteiger partial charge in [-0.25, -0.2) is 4.99 Å². The van der Waals surface area contributed by atoms with Crippen LogP contribution < -0.4 is 9.64 Å². The number of aromatic hydroxyl groups is 1. The number of nitrogens with zero attached hydrogens (tertiary/aromatic N) is 2. The summed E-state index contributed by atoms with van der Waals surface area (Å²) in [5.41, 5.74) is 6.49. The summed E-state index contributed by atoms with van der Waals surface area (Å²) < 4.78 is 5.51. The first-order valence-corrected chi connectivity index (χ1v) is 12.0. The van der Waals surface area contributed by atoms with Crippen molar-refractivity contribution in [3.8, 4) is 11.5 Å². The van der Waals surface area contributed by atoms with E-state index in [2.05, 4.69) is 0 Å². The Morgan fingerprint density at radius 2 is 1.65 bits per heavy atom. The van der Waals surface area contributed by atoms with Crippen LogP contribution in [0.2, 0.25) is 0 Å². The predicted octanol–water partition coefficient (Wildman–Crippen LogP) is 6.83. The van der Waals surface area contributed by atoms with Crippen LogP contribution in [0.15, 0.2) is 64.5 Å². The monoisotopic (exact) mass is 472 g/mol. The quantitative estimate of drug-likeness (QED) is 0.413. The fourth-order valence-electron chi connectivity index (χ4n) is 3.77. The highest BCUT2D eigenvalue weighted by Crippen LogP contribution is 2.41. The molecular weight excluding hydrogens is 444 g/mol. The van der Waals surface area contributed by atoms with E-state index in [1.165, 1.54) is 11.8 Å². The maximum absolute atomic E-state index is 13.7. The number of ether oxygens (including phenoxy) is 1. The van der Waals surface area contributed by atoms with E-state index in [0.717, 1.165) is 33.6 Å². The number of amides is 1. The molecule has 3 aromatic rings. The molecule has 0 saturated carbocycles. The number of phenolic OH excluding ortho intramolecular Hbond substituents is 1. The first kappa shape index (κ1) is 23.6. The SMILES string of the molecule is CCOc1cccc(/C=C2/SC(=Nc3cccc(C)c3C)N(c3cccc(C)c3C)C2=O)c1O. The zero-order valence-corrected chi connectivity index (χ0v) is 20.9. The van der Waals surface area contributed by atoms with E-state index in [4.69, 9.17) is 9.73 Å². The van der Waals surface area contributed by atoms with Gasteiger partial charge in [0, 0.05) is 5.56 Å². The lowest BCUT2D eigenvalue weighted by Crippen LogP contribution is -2.29. The fraction of sp³-hybridized carbons (Fsp3) is 0.214. The third kappa shape index (κ3) is 4.46. The molecule has 1 saturated heterocycles. The number of carbonyl (C=O) groups excluding carboxylic acids is 1. The Bertz CT molecular complexity index is 1330. The smallest absolute Gasteiger partial charge is 0.271 e. The summed E-state index contributed by atoms with van der Waals surface area (Å²) in [5.74, 6) is 0.232. The number of anilines is 1. The van der Waals surface area contributed by atoms with Gasteiger partial charge in [0.25, 0.3) is 5.91 Å². The van der Waals surface area contributed by atoms with Crippen molar-refractivity contribution in [2.75, 3.05) is 11.5 Å². The molecule has 5 nitrogen and oxygen atoms in total. The van der Waals surface area contributed by atoms with E-state index < -0.39 is 0 Å². The number of benzene rings is 3. The molecule has 0 unspecified atom stereocenters. The zero-order chi connectivity index (χ0) is 24.4. The van der Waals surface area contributed by atoms with Gasteiger partial charge >= 0.3 is 0 Å². The fourth-order valence-corrected chi connectivity index (χ4v) is 4.75. The minimum Gasteiger partial charge on any atom is -0.504 e. The maximum atomic E-state index is 13.7. The molecule has 1 fully saturated rings. The standard InChI is InChI=1S/C28H28N2O3S/c1-6-33-24-15-9-12-21(26(24)31)16-25-27(32)30(23-14-8-11-18(3)20(23)5)28(34-25)29-22-13-7-10-17(2)19(22)4/h7-16,31H,6H2,1-5H3/b25-16+,29-28?. The largest absolute Gasteiger partial charge is 0.504 e. The highest BCUT2D eigenvalue weighted by Gasteiger charge is 2.36. The van der Waals surface area contributed by atoms with Crippen molar-refractivity contribution in [1.29, 1.82) is 0 Å². The van der Waals surface area contributed by atoms with Gasteiger partial charge in [-0.05, 0) is 92.9 Å². The van der Waals surface area contributed by atoms with E-state index >= 15 is 0 Å². The molecule has 6 heteroatoms. The molecule has 0 aromatic heterocycles. The number of hydrogen-bond donors (Lipinski definition) is 1. The van der Waals surface area contributed by atoms with Crippen molar-refractivity contribution in [2.24, 2.45) is 4.99 Å². The highest BCUT2D eigenvalue weighted by atomic mass is 32.2. The predicted molar refractivity (Wildman–Crippen MR) is 141 cm³/mol. The van der Waals surface area contributed by atoms with Gasteiger partial charge in [-0.1, -0.05) is 36.4 Å². The molecular formula is C28H28N2O3S. The van der Waals surface area contributed by atoms with E-state index in [0.29, 0.717) is 28.0 Å². The third-order valence-corrected chi connectivity index (χ3v) is 7.00. The number of para-hydroxylation sites is 1. The summed E-state index contributed by atoms with van der Waals surface area (Å²) in [4.78, 5) is 20.8. The van der Waals surface area contributed by atoms with Crippen molar-refractivity contribution in [1.82, 2.24) is 0 Å². The van der Waals surface area contributed by atoms with Gasteiger partial charge in [-0.15, -0.1) is 0 Å². The van der Waals surface area contributed by atoms with Gasteiger partial charge < -0.3 is 9.84 Å². The van der Waals surface area contributed by atoms with Crippen LogP contribution in [0.5, 0.6) is 11.5 Å². The lowest BCUT2D eigenvalue weighted by Gasteiger charge is -2.19. The number of rotatable bonds is 5. The number of phenols is 1. The maximum Gasteiger partial charge on any atom is 0.271 e. The molecule has 0 aliphatic carbocycles. The molecule has 1 aliphatic heterocycles. The first-order valence-electron chi connectivity index (χ1n) is 11.2. The van der Waals surface area contributed by atoms with Crippen LogP contribution in [-0.2, 0) is 4.79 Å². The highest BCUT2D eigenvalue weighted by molar-refractivity contribution is 8.19. The summed E-state index contributed by atoms with van der Waals surface area (Å²) in [6, 6.07) is 17.2. The van der Waals surface area contributed by atoms with Gasteiger partial charge in [0.05, 0.1) is 22.9 Å². The molecule has 0 radical (unpaired) electrons. The number of aryl methyl sites for hydroxylation is 2. The number of hydrogen-bond acceptors (Lipinski definition) is 5. The average Bonchev–Trinajstić information content (AvgIpc) is 3.11. The Kier molecular flexibility index (Phi) is 6.80. The van der Waals surface area contributed by atoms with Crippen LogP contribution in [0.4, 0.5) is 11.4 Å². The summed E-state index contributed by atoms with van der Waals surface area (Å²) in [5, 5.41) is 11.2. The summed E-state index contributed by atoms with van der Waals surface area (Å²) >= 11 is 1.30. The molecule has 0 spiro atoms. The number of thioether (sulfide) groups is 1. The Balaban J connectivity index is 1.85. The molecule has 1 aliphatic rings. The third-order valence-electron chi connectivity index (χ3n) is 6.03. The lowest BCUT2D eigenvalue weighted by atomic mass is 10.1. The van der Waals surface area contributed by atoms with Crippen molar-refractivity contribution >= 4 is 40.3 Å². The van der Waals surface area contributed by atoms with E-state index in [1.54, 1.807) is 29.2 Å². The van der Waals surface area contributed by atoms with Crippen LogP contribution in [0.3, 0.4) is 0 Å². The second-order valence-electron chi connectivity index (χ2n) is 8.21. The Morgan fingerprint density at radius 3 is 2.38 bits per heavy atom. The second-order valence-corrected chi connectivity index (χ2v) is 9.22. The molecule has 4 rings (SSSR count). The second kappa shape index (κ2) is 9.77. The average molecular weight is 473 g/mol. The normalized spacial score (nSPS) is 16.0. The Labute approximate surface area is 204 Å². The number of carbonyl (C=O) groups is 1. The lowest BCUT2D eigenvalue weighted by molar-refractivity contribution is -0.113. The van der Waals surface area contributed by atoms with Crippen LogP contribution >= 0.6 is 11.8 Å². The molecule has 174 valence electrons. The number of amidine groups is 1. The van der Waals surface area contributed by atoms with Crippen LogP contribution in [-0.4, -0.2) is 22.8 Å². The Hall–Kier alpha value is -3.51. The minimum absolute atomic E-state index is 0.0171. The number of aliphatic imine (C=N–C) groups is 1. The van der Waals surface area contributed by atoms with Gasteiger partial charge in [-0.3, -0.25) is 9.69 Å². The minimum atomic E-state index is -0.177. The van der Waals surface area contributed by atoms with Crippen molar-refractivity contribution in [3.63, 3.8) is 0 Å². The van der Waals surface area contributed by atoms with Gasteiger partial charge in [0.2, 0.25) is 0 Å². The van der Waals surface area contributed by atoms with Crippen molar-refractivity contribution < 1.29 is 14.6 Å². The molecule has 3 aromatic carbocycles. The van der Waals surface area contributed by atoms with Gasteiger partial charge in [0.15, 0.2) is 16.7 Å². The van der Waals surface area contributed by atoms with Crippen LogP contribution in [0, 0.1) is 27.7 Å². The molecule has 0 atom stereocenters. The molecule has 0 bridgehead atoms. The zero-order valence-electron chi connectivity index (χ0n) is 20.0. The van der Waals surface area contributed by atoms with Crippen LogP contribution in [0.1, 0.15) is 34.7 Å². The molecule has 1 N–H and O–H groups in total.